The Balaban J connectivity index is 2.27. The number of para-hydroxylation sites is 1. The van der Waals surface area contributed by atoms with E-state index in [1.807, 2.05) is 0 Å². The van der Waals surface area contributed by atoms with Crippen molar-refractivity contribution >= 4 is 17.6 Å². The molecule has 0 atom stereocenters. The minimum absolute atomic E-state index is 0.431. The summed E-state index contributed by atoms with van der Waals surface area (Å²) in [5.74, 6) is -1.67. The highest BCUT2D eigenvalue weighted by Gasteiger charge is 2.18. The molecule has 0 saturated carbocycles. The third kappa shape index (κ3) is 3.12. The summed E-state index contributed by atoms with van der Waals surface area (Å²) in [5, 5.41) is 23.2. The fraction of sp³-hybridized carbons (Fsp3) is 0.0556. The molecule has 1 heterocycles. The average Bonchev–Trinajstić information content (AvgIpc) is 2.64. The molecule has 0 radical (unpaired) electrons. The smallest absolute Gasteiger partial charge is 0.360 e. The van der Waals surface area contributed by atoms with Crippen LogP contribution in [0.1, 0.15) is 10.5 Å². The molecule has 1 aromatic heterocycles. The minimum atomic E-state index is -1.53. The van der Waals surface area contributed by atoms with Gasteiger partial charge in [0.2, 0.25) is 5.69 Å². The lowest BCUT2D eigenvalue weighted by Gasteiger charge is -2.14. The molecule has 0 saturated heterocycles. The van der Waals surface area contributed by atoms with E-state index in [2.05, 4.69) is 5.10 Å². The monoisotopic (exact) mass is 372 g/mol. The molecule has 0 fully saturated rings. The number of aromatic carboxylic acids is 1. The number of aromatic nitrogens is 2. The summed E-state index contributed by atoms with van der Waals surface area (Å²) in [5.41, 5.74) is -0.163. The lowest BCUT2D eigenvalue weighted by molar-refractivity contribution is 0.0686. The van der Waals surface area contributed by atoms with Crippen LogP contribution in [0.2, 0.25) is 5.02 Å². The Kier molecular flexibility index (Phi) is 4.64. The van der Waals surface area contributed by atoms with Gasteiger partial charge in [-0.25, -0.2) is 9.48 Å². The zero-order chi connectivity index (χ0) is 18.8. The summed E-state index contributed by atoms with van der Waals surface area (Å²) in [6.07, 6.45) is 1.06. The molecule has 132 valence electrons. The van der Waals surface area contributed by atoms with Gasteiger partial charge < -0.3 is 14.9 Å². The molecule has 0 aliphatic rings. The van der Waals surface area contributed by atoms with Crippen molar-refractivity contribution < 1.29 is 19.7 Å². The van der Waals surface area contributed by atoms with Crippen LogP contribution in [0.3, 0.4) is 0 Å². The van der Waals surface area contributed by atoms with Gasteiger partial charge in [-0.15, -0.1) is 0 Å². The summed E-state index contributed by atoms with van der Waals surface area (Å²) in [7, 11) is 1.53. The van der Waals surface area contributed by atoms with Crippen molar-refractivity contribution in [3.63, 3.8) is 0 Å². The number of nitrogens with zero attached hydrogens (tertiary/aromatic N) is 2. The predicted octanol–water partition coefficient (Wildman–Crippen LogP) is 2.97. The van der Waals surface area contributed by atoms with Gasteiger partial charge in [0.25, 0.3) is 5.43 Å². The van der Waals surface area contributed by atoms with Gasteiger partial charge in [-0.3, -0.25) is 4.79 Å². The van der Waals surface area contributed by atoms with Crippen LogP contribution in [0.4, 0.5) is 0 Å². The molecule has 0 spiro atoms. The molecular formula is C18H13ClN2O5. The molecule has 0 aliphatic carbocycles. The van der Waals surface area contributed by atoms with Crippen LogP contribution in [0, 0.1) is 0 Å². The Morgan fingerprint density at radius 2 is 1.92 bits per heavy atom. The molecule has 3 rings (SSSR count). The second-order valence-electron chi connectivity index (χ2n) is 5.30. The Hall–Kier alpha value is -3.32. The predicted molar refractivity (Wildman–Crippen MR) is 95.5 cm³/mol. The van der Waals surface area contributed by atoms with Crippen LogP contribution in [0.15, 0.2) is 53.5 Å². The van der Waals surface area contributed by atoms with E-state index >= 15 is 0 Å². The fourth-order valence-electron chi connectivity index (χ4n) is 2.48. The second kappa shape index (κ2) is 6.89. The first-order valence-corrected chi connectivity index (χ1v) is 7.79. The van der Waals surface area contributed by atoms with Gasteiger partial charge >= 0.3 is 5.97 Å². The number of halogens is 1. The van der Waals surface area contributed by atoms with Crippen molar-refractivity contribution in [1.82, 2.24) is 9.78 Å². The number of ether oxygens (including phenoxy) is 1. The molecule has 3 aromatic rings. The summed E-state index contributed by atoms with van der Waals surface area (Å²) in [6, 6.07) is 12.0. The number of benzene rings is 2. The highest BCUT2D eigenvalue weighted by Crippen LogP contribution is 2.35. The lowest BCUT2D eigenvalue weighted by atomic mass is 10.0. The highest BCUT2D eigenvalue weighted by atomic mass is 35.5. The maximum atomic E-state index is 11.7. The molecule has 8 heteroatoms. The first kappa shape index (κ1) is 17.5. The van der Waals surface area contributed by atoms with Crippen LogP contribution in [-0.4, -0.2) is 33.1 Å². The Labute approximate surface area is 152 Å². The van der Waals surface area contributed by atoms with Crippen LogP contribution in [0.5, 0.6) is 11.5 Å². The normalized spacial score (nSPS) is 10.5. The molecule has 0 amide bonds. The third-order valence-electron chi connectivity index (χ3n) is 3.72. The van der Waals surface area contributed by atoms with E-state index in [4.69, 9.17) is 21.4 Å². The van der Waals surface area contributed by atoms with E-state index in [1.54, 1.807) is 42.5 Å². The van der Waals surface area contributed by atoms with Crippen molar-refractivity contribution in [1.29, 1.82) is 0 Å². The van der Waals surface area contributed by atoms with Gasteiger partial charge in [0.05, 0.1) is 19.0 Å². The number of carboxylic acids is 1. The van der Waals surface area contributed by atoms with Crippen molar-refractivity contribution in [3.05, 3.63) is 69.6 Å². The number of aromatic hydroxyl groups is 1. The van der Waals surface area contributed by atoms with Gasteiger partial charge in [-0.2, -0.15) is 5.10 Å². The van der Waals surface area contributed by atoms with Crippen molar-refractivity contribution in [3.8, 4) is 28.3 Å². The molecule has 0 unspecified atom stereocenters. The number of carbonyl (C=O) groups is 1. The molecule has 7 nitrogen and oxygen atoms in total. The fourth-order valence-corrected chi connectivity index (χ4v) is 2.70. The summed E-state index contributed by atoms with van der Waals surface area (Å²) >= 11 is 6.31. The van der Waals surface area contributed by atoms with E-state index in [-0.39, 0.29) is 0 Å². The first-order valence-electron chi connectivity index (χ1n) is 7.42. The molecule has 0 aliphatic heterocycles. The van der Waals surface area contributed by atoms with E-state index < -0.39 is 22.8 Å². The number of hydrogen-bond acceptors (Lipinski definition) is 5. The molecule has 0 bridgehead atoms. The standard InChI is InChI=1S/C18H13ClN2O5/c1-26-10-6-7-13(19)12(8-10)11-4-2-3-5-14(11)21-9-15(22)17(23)16(20-21)18(24)25/h2-9,22H,1H3,(H,24,25). The van der Waals surface area contributed by atoms with Gasteiger partial charge in [0.15, 0.2) is 5.75 Å². The van der Waals surface area contributed by atoms with Crippen molar-refractivity contribution in [2.24, 2.45) is 0 Å². The van der Waals surface area contributed by atoms with E-state index in [0.717, 1.165) is 10.9 Å². The summed E-state index contributed by atoms with van der Waals surface area (Å²) < 4.78 is 6.35. The second-order valence-corrected chi connectivity index (χ2v) is 5.71. The van der Waals surface area contributed by atoms with Crippen LogP contribution >= 0.6 is 11.6 Å². The first-order chi connectivity index (χ1) is 12.4. The summed E-state index contributed by atoms with van der Waals surface area (Å²) in [4.78, 5) is 23.0. The topological polar surface area (TPSA) is 102 Å². The van der Waals surface area contributed by atoms with Gasteiger partial charge in [-0.05, 0) is 24.3 Å². The zero-order valence-corrected chi connectivity index (χ0v) is 14.3. The quantitative estimate of drug-likeness (QED) is 0.730. The number of methoxy groups -OCH3 is 1. The zero-order valence-electron chi connectivity index (χ0n) is 13.5. The van der Waals surface area contributed by atoms with Crippen molar-refractivity contribution in [2.45, 2.75) is 0 Å². The van der Waals surface area contributed by atoms with Gasteiger partial charge in [-0.1, -0.05) is 29.8 Å². The minimum Gasteiger partial charge on any atom is -0.503 e. The number of carboxylic acid groups (broad SMARTS) is 1. The Morgan fingerprint density at radius 1 is 1.19 bits per heavy atom. The lowest BCUT2D eigenvalue weighted by Crippen LogP contribution is -2.21. The van der Waals surface area contributed by atoms with Crippen LogP contribution in [-0.2, 0) is 0 Å². The third-order valence-corrected chi connectivity index (χ3v) is 4.05. The summed E-state index contributed by atoms with van der Waals surface area (Å²) in [6.45, 7) is 0. The maximum absolute atomic E-state index is 11.7. The number of hydrogen-bond donors (Lipinski definition) is 2. The largest absolute Gasteiger partial charge is 0.503 e. The molecule has 26 heavy (non-hydrogen) atoms. The molecule has 2 aromatic carbocycles. The van der Waals surface area contributed by atoms with Crippen molar-refractivity contribution in [2.75, 3.05) is 7.11 Å². The maximum Gasteiger partial charge on any atom is 0.360 e. The average molecular weight is 373 g/mol. The SMILES string of the molecule is COc1ccc(Cl)c(-c2ccccc2-n2cc(O)c(=O)c(C(=O)O)n2)c1. The number of rotatable bonds is 4. The van der Waals surface area contributed by atoms with Gasteiger partial charge in [0, 0.05) is 16.1 Å². The Bertz CT molecular complexity index is 1060. The van der Waals surface area contributed by atoms with Crippen LogP contribution in [0.25, 0.3) is 16.8 Å². The Morgan fingerprint density at radius 3 is 2.62 bits per heavy atom. The van der Waals surface area contributed by atoms with Crippen LogP contribution < -0.4 is 10.2 Å². The molecular weight excluding hydrogens is 360 g/mol. The highest BCUT2D eigenvalue weighted by molar-refractivity contribution is 6.33. The van der Waals surface area contributed by atoms with E-state index in [0.29, 0.717) is 27.6 Å². The van der Waals surface area contributed by atoms with Gasteiger partial charge in [0.1, 0.15) is 5.75 Å². The van der Waals surface area contributed by atoms with E-state index in [1.165, 1.54) is 7.11 Å². The molecule has 2 N–H and O–H groups in total. The van der Waals surface area contributed by atoms with E-state index in [9.17, 15) is 14.7 Å².